The summed E-state index contributed by atoms with van der Waals surface area (Å²) in [6, 6.07) is 19.3. The molecule has 1 nitrogen and oxygen atoms in total. The van der Waals surface area contributed by atoms with Crippen molar-refractivity contribution < 1.29 is 25.2 Å². The summed E-state index contributed by atoms with van der Waals surface area (Å²) < 4.78 is 0. The molecule has 0 heterocycles. The van der Waals surface area contributed by atoms with Crippen molar-refractivity contribution in [1.82, 2.24) is 0 Å². The van der Waals surface area contributed by atoms with Crippen LogP contribution in [0.4, 0.5) is 0 Å². The van der Waals surface area contributed by atoms with E-state index in [0.717, 1.165) is 11.1 Å². The van der Waals surface area contributed by atoms with Crippen LogP contribution in [0, 0.1) is 6.08 Å². The molecule has 0 saturated heterocycles. The molecule has 0 unspecified atom stereocenters. The molecule has 2 heteroatoms. The average Bonchev–Trinajstić information content (AvgIpc) is 2.45. The van der Waals surface area contributed by atoms with Crippen molar-refractivity contribution in [3.05, 3.63) is 90.0 Å². The number of allylic oxidation sites excluding steroid dienone is 2. The zero-order valence-electron chi connectivity index (χ0n) is 10.2. The maximum Gasteiger partial charge on any atom is 0.102 e. The monoisotopic (exact) mass is 339 g/mol. The van der Waals surface area contributed by atoms with Gasteiger partial charge in [0.2, 0.25) is 0 Å². The zero-order valence-corrected chi connectivity index (χ0v) is 11.8. The van der Waals surface area contributed by atoms with Crippen molar-refractivity contribution in [2.45, 2.75) is 0 Å². The molecule has 0 spiro atoms. The van der Waals surface area contributed by atoms with Gasteiger partial charge in [-0.05, 0) is 5.56 Å². The third-order valence-corrected chi connectivity index (χ3v) is 2.39. The normalized spacial score (nSPS) is 10.5. The Balaban J connectivity index is 0.00000180. The predicted octanol–water partition coefficient (Wildman–Crippen LogP) is 3.67. The minimum atomic E-state index is -0.0669. The van der Waals surface area contributed by atoms with Gasteiger partial charge in [-0.25, -0.2) is 0 Å². The predicted molar refractivity (Wildman–Crippen MR) is 73.8 cm³/mol. The van der Waals surface area contributed by atoms with Gasteiger partial charge < -0.3 is 4.79 Å². The fourth-order valence-corrected chi connectivity index (χ4v) is 1.48. The van der Waals surface area contributed by atoms with Crippen molar-refractivity contribution in [2.24, 2.45) is 0 Å². The second kappa shape index (κ2) is 8.37. The standard InChI is InChI=1S/C17H13O.Pd/c18-17(13-11-15-7-3-1-4-8-15)14-12-16-9-5-2-6-10-16;/h1-11,13-14H;/q-1;/b13-11+;. The first-order chi connectivity index (χ1) is 8.84. The summed E-state index contributed by atoms with van der Waals surface area (Å²) in [4.78, 5) is 11.6. The Morgan fingerprint density at radius 3 is 2.11 bits per heavy atom. The Hall–Kier alpha value is -1.75. The fourth-order valence-electron chi connectivity index (χ4n) is 1.48. The molecule has 0 atom stereocenters. The van der Waals surface area contributed by atoms with Crippen molar-refractivity contribution in [3.63, 3.8) is 0 Å². The summed E-state index contributed by atoms with van der Waals surface area (Å²) in [7, 11) is 0. The second-order valence-electron chi connectivity index (χ2n) is 3.80. The first kappa shape index (κ1) is 15.3. The minimum Gasteiger partial charge on any atom is -0.347 e. The first-order valence-corrected chi connectivity index (χ1v) is 5.76. The van der Waals surface area contributed by atoms with Crippen LogP contribution in [0.15, 0.2) is 72.8 Å². The Bertz CT molecular complexity index is 505. The van der Waals surface area contributed by atoms with Crippen LogP contribution in [0.5, 0.6) is 0 Å². The molecular weight excluding hydrogens is 327 g/mol. The van der Waals surface area contributed by atoms with Crippen molar-refractivity contribution >= 4 is 11.9 Å². The van der Waals surface area contributed by atoms with Crippen molar-refractivity contribution in [1.29, 1.82) is 0 Å². The summed E-state index contributed by atoms with van der Waals surface area (Å²) in [6.07, 6.45) is 7.75. The van der Waals surface area contributed by atoms with E-state index in [0.29, 0.717) is 0 Å². The molecule has 2 aromatic rings. The van der Waals surface area contributed by atoms with Gasteiger partial charge >= 0.3 is 0 Å². The molecule has 0 amide bonds. The number of carbonyl (C=O) groups excluding carboxylic acids is 1. The quantitative estimate of drug-likeness (QED) is 0.472. The molecule has 0 bridgehead atoms. The Morgan fingerprint density at radius 1 is 0.895 bits per heavy atom. The molecule has 2 rings (SSSR count). The fraction of sp³-hybridized carbons (Fsp3) is 0. The molecule has 19 heavy (non-hydrogen) atoms. The van der Waals surface area contributed by atoms with E-state index >= 15 is 0 Å². The Kier molecular flexibility index (Phi) is 6.75. The minimum absolute atomic E-state index is 0. The third kappa shape index (κ3) is 5.61. The van der Waals surface area contributed by atoms with Crippen LogP contribution in [0.2, 0.25) is 0 Å². The summed E-state index contributed by atoms with van der Waals surface area (Å²) in [5, 5.41) is 0. The summed E-state index contributed by atoms with van der Waals surface area (Å²) >= 11 is 0. The van der Waals surface area contributed by atoms with Crippen LogP contribution in [0.3, 0.4) is 0 Å². The largest absolute Gasteiger partial charge is 0.347 e. The molecule has 0 aromatic heterocycles. The zero-order chi connectivity index (χ0) is 12.6. The van der Waals surface area contributed by atoms with Crippen LogP contribution < -0.4 is 0 Å². The summed E-state index contributed by atoms with van der Waals surface area (Å²) in [5.74, 6) is -0.0669. The van der Waals surface area contributed by atoms with Crippen molar-refractivity contribution in [2.75, 3.05) is 0 Å². The number of hydrogen-bond donors (Lipinski definition) is 0. The second-order valence-corrected chi connectivity index (χ2v) is 3.80. The number of benzene rings is 2. The molecule has 0 radical (unpaired) electrons. The van der Waals surface area contributed by atoms with Crippen LogP contribution in [-0.2, 0) is 25.2 Å². The molecule has 0 aliphatic rings. The van der Waals surface area contributed by atoms with E-state index in [1.165, 1.54) is 6.08 Å². The van der Waals surface area contributed by atoms with Gasteiger partial charge in [0.05, 0.1) is 0 Å². The van der Waals surface area contributed by atoms with Gasteiger partial charge in [-0.2, -0.15) is 0 Å². The Labute approximate surface area is 127 Å². The molecule has 0 aliphatic heterocycles. The number of rotatable bonds is 4. The molecule has 2 aromatic carbocycles. The van der Waals surface area contributed by atoms with E-state index in [-0.39, 0.29) is 26.2 Å². The van der Waals surface area contributed by atoms with Crippen LogP contribution >= 0.6 is 0 Å². The number of hydrogen-bond acceptors (Lipinski definition) is 1. The first-order valence-electron chi connectivity index (χ1n) is 5.76. The van der Waals surface area contributed by atoms with Gasteiger partial charge in [0.15, 0.2) is 0 Å². The van der Waals surface area contributed by atoms with E-state index < -0.39 is 0 Å². The van der Waals surface area contributed by atoms with E-state index in [9.17, 15) is 4.79 Å². The van der Waals surface area contributed by atoms with Gasteiger partial charge in [0, 0.05) is 20.4 Å². The summed E-state index contributed by atoms with van der Waals surface area (Å²) in [5.41, 5.74) is 1.91. The summed E-state index contributed by atoms with van der Waals surface area (Å²) in [6.45, 7) is 0. The smallest absolute Gasteiger partial charge is 0.102 e. The van der Waals surface area contributed by atoms with Crippen LogP contribution in [0.1, 0.15) is 11.1 Å². The van der Waals surface area contributed by atoms with Gasteiger partial charge in [0.1, 0.15) is 5.78 Å². The number of ketones is 1. The third-order valence-electron chi connectivity index (χ3n) is 2.39. The molecule has 0 fully saturated rings. The number of carbonyl (C=O) groups is 1. The van der Waals surface area contributed by atoms with E-state index in [4.69, 9.17) is 0 Å². The average molecular weight is 340 g/mol. The molecular formula is C17H13OPd-. The van der Waals surface area contributed by atoms with Gasteiger partial charge in [-0.15, -0.1) is 35.9 Å². The van der Waals surface area contributed by atoms with Crippen molar-refractivity contribution in [3.8, 4) is 0 Å². The SMILES string of the molecule is O=C(C=[C-]c1ccccc1)/C=C/c1ccccc1.[Pd]. The van der Waals surface area contributed by atoms with E-state index in [1.807, 2.05) is 60.7 Å². The molecule has 0 aliphatic carbocycles. The Morgan fingerprint density at radius 2 is 1.47 bits per heavy atom. The molecule has 98 valence electrons. The van der Waals surface area contributed by atoms with Gasteiger partial charge in [-0.3, -0.25) is 0 Å². The molecule has 0 saturated carbocycles. The van der Waals surface area contributed by atoms with E-state index in [2.05, 4.69) is 6.08 Å². The van der Waals surface area contributed by atoms with Gasteiger partial charge in [-0.1, -0.05) is 54.6 Å². The topological polar surface area (TPSA) is 17.1 Å². The molecule has 0 N–H and O–H groups in total. The maximum absolute atomic E-state index is 11.6. The maximum atomic E-state index is 11.6. The van der Waals surface area contributed by atoms with Crippen LogP contribution in [-0.4, -0.2) is 5.78 Å². The van der Waals surface area contributed by atoms with E-state index in [1.54, 1.807) is 12.2 Å². The van der Waals surface area contributed by atoms with Gasteiger partial charge in [0.25, 0.3) is 0 Å². The van der Waals surface area contributed by atoms with Crippen LogP contribution in [0.25, 0.3) is 6.08 Å².